The lowest BCUT2D eigenvalue weighted by molar-refractivity contribution is -0.150. The molecule has 14 heteroatoms. The molecule has 376 valence electrons. The lowest BCUT2D eigenvalue weighted by Gasteiger charge is -2.28. The van der Waals surface area contributed by atoms with Crippen molar-refractivity contribution in [3.63, 3.8) is 0 Å². The van der Waals surface area contributed by atoms with Gasteiger partial charge in [-0.1, -0.05) is 25.8 Å². The van der Waals surface area contributed by atoms with Crippen LogP contribution in [0.2, 0.25) is 0 Å². The molecule has 0 amide bonds. The number of unbranched alkanes of at least 4 members (excludes halogenated alkanes) is 6. The van der Waals surface area contributed by atoms with E-state index < -0.39 is 17.9 Å². The molecule has 3 aromatic rings. The number of carbonyl (C=O) groups is 5. The summed E-state index contributed by atoms with van der Waals surface area (Å²) in [4.78, 5) is 61.4. The molecule has 0 atom stereocenters. The molecule has 2 aliphatic rings. The van der Waals surface area contributed by atoms with Crippen LogP contribution in [0.3, 0.4) is 0 Å². The highest BCUT2D eigenvalue weighted by atomic mass is 16.6. The fraction of sp³-hybridized carbons (Fsp3) is 0.464. The van der Waals surface area contributed by atoms with Gasteiger partial charge in [-0.2, -0.15) is 0 Å². The Kier molecular flexibility index (Phi) is 23.3. The van der Waals surface area contributed by atoms with E-state index in [1.54, 1.807) is 36.4 Å². The highest BCUT2D eigenvalue weighted by Gasteiger charge is 2.33. The van der Waals surface area contributed by atoms with Crippen molar-refractivity contribution in [3.8, 4) is 28.7 Å². The molecular formula is C56H69NO13. The summed E-state index contributed by atoms with van der Waals surface area (Å²) < 4.78 is 44.8. The molecule has 3 aromatic carbocycles. The third-order valence-corrected chi connectivity index (χ3v) is 12.5. The van der Waals surface area contributed by atoms with Crippen molar-refractivity contribution in [2.75, 3.05) is 33.0 Å². The lowest BCUT2D eigenvalue weighted by atomic mass is 9.81. The van der Waals surface area contributed by atoms with Crippen LogP contribution in [0.4, 0.5) is 0 Å². The molecule has 2 saturated carbocycles. The fourth-order valence-electron chi connectivity index (χ4n) is 8.35. The maximum Gasteiger partial charge on any atom is 0.330 e. The van der Waals surface area contributed by atoms with Crippen molar-refractivity contribution >= 4 is 36.1 Å². The maximum atomic E-state index is 13.2. The largest absolute Gasteiger partial charge is 0.494 e. The number of allylic oxidation sites excluding steroid dienone is 1. The summed E-state index contributed by atoms with van der Waals surface area (Å²) in [5.41, 5.74) is 1.29. The minimum absolute atomic E-state index is 0.131. The zero-order valence-electron chi connectivity index (χ0n) is 40.4. The summed E-state index contributed by atoms with van der Waals surface area (Å²) in [7, 11) is 0. The molecule has 0 bridgehead atoms. The average Bonchev–Trinajstić information content (AvgIpc) is 3.38. The monoisotopic (exact) mass is 963 g/mol. The molecule has 0 spiro atoms. The van der Waals surface area contributed by atoms with Gasteiger partial charge in [0.1, 0.15) is 28.7 Å². The highest BCUT2D eigenvalue weighted by Crippen LogP contribution is 2.35. The predicted molar refractivity (Wildman–Crippen MR) is 264 cm³/mol. The number of benzene rings is 3. The normalized spacial score (nSPS) is 17.4. The van der Waals surface area contributed by atoms with Crippen LogP contribution in [0.5, 0.6) is 28.7 Å². The van der Waals surface area contributed by atoms with Crippen LogP contribution in [0.15, 0.2) is 104 Å². The Labute approximate surface area is 412 Å². The van der Waals surface area contributed by atoms with Crippen molar-refractivity contribution in [1.29, 1.82) is 5.41 Å². The fourth-order valence-corrected chi connectivity index (χ4v) is 8.35. The third-order valence-electron chi connectivity index (χ3n) is 12.5. The summed E-state index contributed by atoms with van der Waals surface area (Å²) in [6, 6.07) is 19.6. The third kappa shape index (κ3) is 19.0. The number of rotatable bonds is 30. The van der Waals surface area contributed by atoms with Crippen molar-refractivity contribution in [1.82, 2.24) is 0 Å². The molecule has 0 heterocycles. The molecule has 1 N–H and O–H groups in total. The van der Waals surface area contributed by atoms with Gasteiger partial charge in [-0.05, 0) is 169 Å². The smallest absolute Gasteiger partial charge is 0.330 e. The first-order valence-electron chi connectivity index (χ1n) is 24.7. The van der Waals surface area contributed by atoms with Crippen molar-refractivity contribution < 1.29 is 61.9 Å². The van der Waals surface area contributed by atoms with Crippen LogP contribution in [0.1, 0.15) is 114 Å². The Bertz CT molecular complexity index is 2190. The number of esters is 5. The van der Waals surface area contributed by atoms with E-state index in [0.29, 0.717) is 99.9 Å². The van der Waals surface area contributed by atoms with Crippen LogP contribution >= 0.6 is 0 Å². The van der Waals surface area contributed by atoms with Crippen LogP contribution < -0.4 is 23.7 Å². The van der Waals surface area contributed by atoms with Gasteiger partial charge < -0.3 is 43.3 Å². The average molecular weight is 964 g/mol. The molecule has 70 heavy (non-hydrogen) atoms. The minimum atomic E-state index is -0.407. The number of ether oxygens (including phenoxy) is 8. The van der Waals surface area contributed by atoms with Gasteiger partial charge in [0.15, 0.2) is 0 Å². The first-order valence-corrected chi connectivity index (χ1v) is 24.7. The second kappa shape index (κ2) is 30.0. The van der Waals surface area contributed by atoms with Gasteiger partial charge in [-0.15, -0.1) is 0 Å². The lowest BCUT2D eigenvalue weighted by Crippen LogP contribution is -2.30. The van der Waals surface area contributed by atoms with E-state index >= 15 is 0 Å². The molecule has 0 saturated heterocycles. The summed E-state index contributed by atoms with van der Waals surface area (Å²) in [6.45, 7) is 13.1. The van der Waals surface area contributed by atoms with Gasteiger partial charge in [0.2, 0.25) is 0 Å². The van der Waals surface area contributed by atoms with E-state index in [1.807, 2.05) is 30.3 Å². The van der Waals surface area contributed by atoms with E-state index in [1.165, 1.54) is 6.08 Å². The minimum Gasteiger partial charge on any atom is -0.494 e. The van der Waals surface area contributed by atoms with E-state index in [0.717, 1.165) is 87.8 Å². The zero-order valence-corrected chi connectivity index (χ0v) is 40.4. The Hall–Kier alpha value is -6.70. The van der Waals surface area contributed by atoms with Gasteiger partial charge in [0.05, 0.1) is 56.5 Å². The standard InChI is InChI=1S/C56H69NO13/c1-4-52(58)65-35-12-8-6-10-33-63-47-23-27-49(28-24-47)68-40(3)42-15-17-43(18-16-42)54(60)67-37-32-41-14-31-51(46(38-41)39-57)70-56(62)45-21-19-44(20-22-45)55(61)69-50-29-25-48(26-30-50)64-34-11-7-9-13-36-66-53(59)5-2/h4-5,14,23-31,38-39,42-45,57H,1-3,6-13,15-22,32-37H2. The summed E-state index contributed by atoms with van der Waals surface area (Å²) in [5, 5.41) is 7.98. The summed E-state index contributed by atoms with van der Waals surface area (Å²) in [6.07, 6.45) is 15.9. The van der Waals surface area contributed by atoms with Crippen molar-refractivity contribution in [2.24, 2.45) is 23.7 Å². The van der Waals surface area contributed by atoms with Gasteiger partial charge in [0, 0.05) is 36.3 Å². The second-order valence-corrected chi connectivity index (χ2v) is 17.7. The molecule has 14 nitrogen and oxygen atoms in total. The predicted octanol–water partition coefficient (Wildman–Crippen LogP) is 10.8. The molecule has 0 aliphatic heterocycles. The molecule has 0 aromatic heterocycles. The van der Waals surface area contributed by atoms with Crippen molar-refractivity contribution in [2.45, 2.75) is 109 Å². The Morgan fingerprint density at radius 1 is 0.486 bits per heavy atom. The first-order chi connectivity index (χ1) is 34.0. The molecule has 0 radical (unpaired) electrons. The summed E-state index contributed by atoms with van der Waals surface area (Å²) >= 11 is 0. The maximum absolute atomic E-state index is 13.2. The van der Waals surface area contributed by atoms with E-state index in [-0.39, 0.29) is 48.0 Å². The molecule has 2 fully saturated rings. The molecule has 2 aliphatic carbocycles. The van der Waals surface area contributed by atoms with Crippen LogP contribution in [0, 0.1) is 29.1 Å². The Balaban J connectivity index is 0.921. The second-order valence-electron chi connectivity index (χ2n) is 17.7. The van der Waals surface area contributed by atoms with E-state index in [2.05, 4.69) is 19.7 Å². The number of hydrogen-bond donors (Lipinski definition) is 1. The number of nitrogens with one attached hydrogen (secondary N) is 1. The van der Waals surface area contributed by atoms with E-state index in [9.17, 15) is 24.0 Å². The van der Waals surface area contributed by atoms with Gasteiger partial charge in [0.25, 0.3) is 0 Å². The van der Waals surface area contributed by atoms with Crippen LogP contribution in [-0.4, -0.2) is 69.1 Å². The first kappa shape index (κ1) is 54.2. The van der Waals surface area contributed by atoms with Crippen molar-refractivity contribution in [3.05, 3.63) is 116 Å². The summed E-state index contributed by atoms with van der Waals surface area (Å²) in [5.74, 6) is 0.973. The molecule has 0 unspecified atom stereocenters. The zero-order chi connectivity index (χ0) is 49.9. The number of hydrogen-bond acceptors (Lipinski definition) is 14. The van der Waals surface area contributed by atoms with Gasteiger partial charge >= 0.3 is 29.8 Å². The Morgan fingerprint density at radius 2 is 0.914 bits per heavy atom. The van der Waals surface area contributed by atoms with E-state index in [4.69, 9.17) is 43.3 Å². The topological polar surface area (TPSA) is 183 Å². The van der Waals surface area contributed by atoms with Crippen LogP contribution in [0.25, 0.3) is 0 Å². The highest BCUT2D eigenvalue weighted by molar-refractivity contribution is 5.85. The number of carbonyl (C=O) groups excluding carboxylic acids is 5. The quantitative estimate of drug-likeness (QED) is 0.0127. The van der Waals surface area contributed by atoms with Gasteiger partial charge in [-0.25, -0.2) is 9.59 Å². The Morgan fingerprint density at radius 3 is 1.40 bits per heavy atom. The van der Waals surface area contributed by atoms with Crippen LogP contribution in [-0.2, 0) is 44.6 Å². The van der Waals surface area contributed by atoms with Gasteiger partial charge in [-0.3, -0.25) is 14.4 Å². The SMILES string of the molecule is C=CC(=O)OCCCCCCOc1ccc(OC(=C)C2CCC(C(=O)OCCc3ccc(OC(=O)C4CCC(C(=O)Oc5ccc(OCCCCCCOC(=O)C=C)cc5)CC4)c(C=N)c3)CC2)cc1. The molecule has 5 rings (SSSR count). The molecular weight excluding hydrogens is 895 g/mol.